The minimum absolute atomic E-state index is 0.0473. The van der Waals surface area contributed by atoms with Crippen LogP contribution >= 0.6 is 0 Å². The summed E-state index contributed by atoms with van der Waals surface area (Å²) in [5.74, 6) is 0.255. The number of hydrogen-bond acceptors (Lipinski definition) is 2. The van der Waals surface area contributed by atoms with Gasteiger partial charge in [-0.25, -0.2) is 4.39 Å². The van der Waals surface area contributed by atoms with E-state index in [-0.39, 0.29) is 5.82 Å². The van der Waals surface area contributed by atoms with Gasteiger partial charge < -0.3 is 4.84 Å². The van der Waals surface area contributed by atoms with Crippen molar-refractivity contribution in [1.82, 2.24) is 5.06 Å². The molecule has 0 unspecified atom stereocenters. The van der Waals surface area contributed by atoms with Gasteiger partial charge in [0.25, 0.3) is 0 Å². The van der Waals surface area contributed by atoms with Crippen molar-refractivity contribution in [2.75, 3.05) is 20.2 Å². The van der Waals surface area contributed by atoms with E-state index < -0.39 is 0 Å². The van der Waals surface area contributed by atoms with Crippen LogP contribution in [0.25, 0.3) is 10.8 Å². The average Bonchev–Trinajstić information content (AvgIpc) is 2.48. The van der Waals surface area contributed by atoms with Gasteiger partial charge in [-0.05, 0) is 29.7 Å². The molecule has 100 valence electrons. The Morgan fingerprint density at radius 3 is 2.58 bits per heavy atom. The molecule has 0 atom stereocenters. The summed E-state index contributed by atoms with van der Waals surface area (Å²) < 4.78 is 14.6. The summed E-state index contributed by atoms with van der Waals surface area (Å²) in [5, 5.41) is 3.64. The van der Waals surface area contributed by atoms with Crippen molar-refractivity contribution in [3.63, 3.8) is 0 Å². The van der Waals surface area contributed by atoms with Crippen LogP contribution in [0.2, 0.25) is 0 Å². The van der Waals surface area contributed by atoms with E-state index in [9.17, 15) is 4.39 Å². The van der Waals surface area contributed by atoms with E-state index >= 15 is 0 Å². The maximum absolute atomic E-state index is 14.6. The van der Waals surface area contributed by atoms with E-state index in [0.717, 1.165) is 42.3 Å². The van der Waals surface area contributed by atoms with E-state index in [1.54, 1.807) is 7.11 Å². The second kappa shape index (κ2) is 5.27. The molecule has 0 saturated carbocycles. The molecule has 1 aliphatic heterocycles. The molecule has 2 aromatic carbocycles. The standard InChI is InChI=1S/C16H18FNO/c1-19-18-10-8-13(9-11-18)15-7-6-12-4-2-3-5-14(12)16(15)17/h2-7,13H,8-11H2,1H3. The molecule has 2 nitrogen and oxygen atoms in total. The number of hydroxylamine groups is 2. The minimum atomic E-state index is -0.0473. The van der Waals surface area contributed by atoms with Gasteiger partial charge in [-0.2, -0.15) is 5.06 Å². The quantitative estimate of drug-likeness (QED) is 0.815. The second-order valence-electron chi connectivity index (χ2n) is 5.08. The first-order valence-electron chi connectivity index (χ1n) is 6.76. The molecule has 0 aromatic heterocycles. The first kappa shape index (κ1) is 12.6. The van der Waals surface area contributed by atoms with Crippen LogP contribution in [0.15, 0.2) is 36.4 Å². The molecule has 3 heteroatoms. The van der Waals surface area contributed by atoms with Crippen LogP contribution in [0.3, 0.4) is 0 Å². The van der Waals surface area contributed by atoms with Crippen LogP contribution in [-0.4, -0.2) is 25.3 Å². The molecule has 0 radical (unpaired) electrons. The lowest BCUT2D eigenvalue weighted by molar-refractivity contribution is -0.143. The summed E-state index contributed by atoms with van der Waals surface area (Å²) in [5.41, 5.74) is 0.856. The zero-order chi connectivity index (χ0) is 13.2. The molecular weight excluding hydrogens is 241 g/mol. The van der Waals surface area contributed by atoms with Crippen LogP contribution in [0.5, 0.6) is 0 Å². The van der Waals surface area contributed by atoms with E-state index in [1.807, 2.05) is 41.5 Å². The van der Waals surface area contributed by atoms with E-state index in [0.29, 0.717) is 5.92 Å². The Hall–Kier alpha value is -1.45. The molecule has 3 rings (SSSR count). The monoisotopic (exact) mass is 259 g/mol. The summed E-state index contributed by atoms with van der Waals surface area (Å²) in [4.78, 5) is 5.22. The molecule has 2 aromatic rings. The third-order valence-electron chi connectivity index (χ3n) is 4.05. The number of piperidine rings is 1. The van der Waals surface area contributed by atoms with Gasteiger partial charge in [0.05, 0.1) is 7.11 Å². The van der Waals surface area contributed by atoms with Crippen LogP contribution in [0.1, 0.15) is 24.3 Å². The molecule has 1 aliphatic rings. The highest BCUT2D eigenvalue weighted by Gasteiger charge is 2.23. The highest BCUT2D eigenvalue weighted by atomic mass is 19.1. The molecule has 1 fully saturated rings. The Morgan fingerprint density at radius 1 is 1.11 bits per heavy atom. The Balaban J connectivity index is 1.91. The largest absolute Gasteiger partial charge is 0.302 e. The van der Waals surface area contributed by atoms with Crippen molar-refractivity contribution in [2.24, 2.45) is 0 Å². The zero-order valence-corrected chi connectivity index (χ0v) is 11.1. The van der Waals surface area contributed by atoms with Crippen molar-refractivity contribution in [2.45, 2.75) is 18.8 Å². The van der Waals surface area contributed by atoms with Gasteiger partial charge in [0.1, 0.15) is 5.82 Å². The lowest BCUT2D eigenvalue weighted by atomic mass is 9.88. The normalized spacial score (nSPS) is 18.0. The van der Waals surface area contributed by atoms with Gasteiger partial charge in [-0.3, -0.25) is 0 Å². The predicted octanol–water partition coefficient (Wildman–Crippen LogP) is 3.72. The van der Waals surface area contributed by atoms with E-state index in [1.165, 1.54) is 0 Å². The van der Waals surface area contributed by atoms with Crippen molar-refractivity contribution in [3.8, 4) is 0 Å². The summed E-state index contributed by atoms with van der Waals surface area (Å²) in [7, 11) is 1.69. The van der Waals surface area contributed by atoms with E-state index in [2.05, 4.69) is 0 Å². The molecule has 0 aliphatic carbocycles. The van der Waals surface area contributed by atoms with Gasteiger partial charge in [0.15, 0.2) is 0 Å². The van der Waals surface area contributed by atoms with Crippen molar-refractivity contribution >= 4 is 10.8 Å². The van der Waals surface area contributed by atoms with Crippen molar-refractivity contribution < 1.29 is 9.23 Å². The third-order valence-corrected chi connectivity index (χ3v) is 4.05. The van der Waals surface area contributed by atoms with Crippen LogP contribution < -0.4 is 0 Å². The first-order chi connectivity index (χ1) is 9.29. The molecular formula is C16H18FNO. The fourth-order valence-corrected chi connectivity index (χ4v) is 2.92. The molecule has 1 heterocycles. The van der Waals surface area contributed by atoms with Crippen LogP contribution in [0, 0.1) is 5.82 Å². The van der Waals surface area contributed by atoms with Crippen molar-refractivity contribution in [1.29, 1.82) is 0 Å². The summed E-state index contributed by atoms with van der Waals surface area (Å²) in [6, 6.07) is 11.6. The Morgan fingerprint density at radius 2 is 1.84 bits per heavy atom. The van der Waals surface area contributed by atoms with Gasteiger partial charge in [-0.15, -0.1) is 0 Å². The maximum atomic E-state index is 14.6. The fraction of sp³-hybridized carbons (Fsp3) is 0.375. The Kier molecular flexibility index (Phi) is 3.49. The summed E-state index contributed by atoms with van der Waals surface area (Å²) >= 11 is 0. The van der Waals surface area contributed by atoms with Gasteiger partial charge in [0, 0.05) is 18.5 Å². The summed E-state index contributed by atoms with van der Waals surface area (Å²) in [6.07, 6.45) is 1.90. The topological polar surface area (TPSA) is 12.5 Å². The van der Waals surface area contributed by atoms with Gasteiger partial charge in [-0.1, -0.05) is 36.4 Å². The third kappa shape index (κ3) is 2.36. The number of halogens is 1. The first-order valence-corrected chi connectivity index (χ1v) is 6.76. The molecule has 0 N–H and O–H groups in total. The smallest absolute Gasteiger partial charge is 0.134 e. The number of hydrogen-bond donors (Lipinski definition) is 0. The zero-order valence-electron chi connectivity index (χ0n) is 11.1. The van der Waals surface area contributed by atoms with Crippen LogP contribution in [0.4, 0.5) is 4.39 Å². The lowest BCUT2D eigenvalue weighted by Crippen LogP contribution is -2.32. The number of benzene rings is 2. The molecule has 0 spiro atoms. The molecule has 0 bridgehead atoms. The average molecular weight is 259 g/mol. The second-order valence-corrected chi connectivity index (χ2v) is 5.08. The van der Waals surface area contributed by atoms with Crippen molar-refractivity contribution in [3.05, 3.63) is 47.8 Å². The van der Waals surface area contributed by atoms with Gasteiger partial charge in [0.2, 0.25) is 0 Å². The SMILES string of the molecule is CON1CCC(c2ccc3ccccc3c2F)CC1. The van der Waals surface area contributed by atoms with Crippen LogP contribution in [-0.2, 0) is 4.84 Å². The lowest BCUT2D eigenvalue weighted by Gasteiger charge is -2.30. The highest BCUT2D eigenvalue weighted by Crippen LogP contribution is 2.32. The highest BCUT2D eigenvalue weighted by molar-refractivity contribution is 5.83. The fourth-order valence-electron chi connectivity index (χ4n) is 2.92. The number of fused-ring (bicyclic) bond motifs is 1. The summed E-state index contributed by atoms with van der Waals surface area (Å²) in [6.45, 7) is 1.74. The molecule has 0 amide bonds. The minimum Gasteiger partial charge on any atom is -0.302 e. The molecule has 19 heavy (non-hydrogen) atoms. The predicted molar refractivity (Wildman–Crippen MR) is 74.5 cm³/mol. The van der Waals surface area contributed by atoms with E-state index in [4.69, 9.17) is 4.84 Å². The Bertz CT molecular complexity index is 576. The number of rotatable bonds is 2. The number of nitrogens with zero attached hydrogens (tertiary/aromatic N) is 1. The maximum Gasteiger partial charge on any atom is 0.134 e. The van der Waals surface area contributed by atoms with Gasteiger partial charge >= 0.3 is 0 Å². The molecule has 1 saturated heterocycles. The Labute approximate surface area is 112 Å².